The van der Waals surface area contributed by atoms with E-state index in [0.29, 0.717) is 0 Å². The highest BCUT2D eigenvalue weighted by molar-refractivity contribution is 6.59. The molecule has 2 radical (unpaired) electrons. The van der Waals surface area contributed by atoms with Gasteiger partial charge in [0, 0.05) is 0 Å². The summed E-state index contributed by atoms with van der Waals surface area (Å²) in [5, 5.41) is 0. The maximum absolute atomic E-state index is 10.4. The fourth-order valence-corrected chi connectivity index (χ4v) is 0.363. The first-order valence-electron chi connectivity index (χ1n) is 2.69. The number of hydrogen-bond acceptors (Lipinski definition) is 4. The third-order valence-electron chi connectivity index (χ3n) is 0.980. The van der Waals surface area contributed by atoms with Crippen molar-refractivity contribution in [3.63, 3.8) is 0 Å². The molecule has 0 aliphatic heterocycles. The van der Waals surface area contributed by atoms with E-state index in [4.69, 9.17) is 13.6 Å². The summed E-state index contributed by atoms with van der Waals surface area (Å²) >= 11 is 0. The van der Waals surface area contributed by atoms with E-state index in [1.165, 1.54) is 7.11 Å². The molecule has 0 rings (SSSR count). The van der Waals surface area contributed by atoms with Crippen molar-refractivity contribution in [1.82, 2.24) is 0 Å². The first kappa shape index (κ1) is 9.16. The van der Waals surface area contributed by atoms with E-state index in [1.807, 2.05) is 0 Å². The van der Waals surface area contributed by atoms with Gasteiger partial charge in [0.15, 0.2) is 7.85 Å². The molecule has 5 heteroatoms. The van der Waals surface area contributed by atoms with E-state index in [2.05, 4.69) is 4.74 Å². The maximum Gasteiger partial charge on any atom is 0.307 e. The fourth-order valence-electron chi connectivity index (χ4n) is 0.363. The SMILES string of the molecule is [B]C(=O)C(N)CC(=O)OC. The van der Waals surface area contributed by atoms with Crippen molar-refractivity contribution in [3.8, 4) is 0 Å². The lowest BCUT2D eigenvalue weighted by Crippen LogP contribution is -2.33. The zero-order valence-electron chi connectivity index (χ0n) is 5.66. The number of ether oxygens (including phenoxy) is 1. The lowest BCUT2D eigenvalue weighted by molar-refractivity contribution is -0.141. The zero-order valence-corrected chi connectivity index (χ0v) is 5.66. The second-order valence-corrected chi connectivity index (χ2v) is 1.79. The third kappa shape index (κ3) is 3.24. The fraction of sp³-hybridized carbons (Fsp3) is 0.600. The van der Waals surface area contributed by atoms with Gasteiger partial charge in [-0.05, 0) is 0 Å². The van der Waals surface area contributed by atoms with Gasteiger partial charge in [-0.1, -0.05) is 0 Å². The monoisotopic (exact) mass is 141 g/mol. The van der Waals surface area contributed by atoms with E-state index in [9.17, 15) is 9.59 Å². The molecule has 0 aliphatic rings. The quantitative estimate of drug-likeness (QED) is 0.386. The second kappa shape index (κ2) is 4.06. The smallest absolute Gasteiger partial charge is 0.307 e. The predicted octanol–water partition coefficient (Wildman–Crippen LogP) is -1.43. The van der Waals surface area contributed by atoms with Gasteiger partial charge in [-0.15, -0.1) is 0 Å². The molecule has 0 aliphatic carbocycles. The van der Waals surface area contributed by atoms with Crippen molar-refractivity contribution in [2.24, 2.45) is 5.73 Å². The molecule has 1 unspecified atom stereocenters. The summed E-state index contributed by atoms with van der Waals surface area (Å²) in [5.74, 6) is -0.536. The molecule has 2 N–H and O–H groups in total. The second-order valence-electron chi connectivity index (χ2n) is 1.79. The van der Waals surface area contributed by atoms with Crippen molar-refractivity contribution >= 4 is 19.5 Å². The highest BCUT2D eigenvalue weighted by atomic mass is 16.5. The van der Waals surface area contributed by atoms with Crippen molar-refractivity contribution in [1.29, 1.82) is 0 Å². The largest absolute Gasteiger partial charge is 0.469 e. The molecule has 0 bridgehead atoms. The minimum atomic E-state index is -0.938. The first-order chi connectivity index (χ1) is 4.57. The Balaban J connectivity index is 3.68. The van der Waals surface area contributed by atoms with E-state index in [1.54, 1.807) is 0 Å². The molecular weight excluding hydrogens is 133 g/mol. The Hall–Kier alpha value is -0.835. The number of nitrogens with two attached hydrogens (primary N) is 1. The molecular formula is C5H8BNO3. The highest BCUT2D eigenvalue weighted by Crippen LogP contribution is 1.89. The van der Waals surface area contributed by atoms with Crippen LogP contribution in [0.2, 0.25) is 0 Å². The zero-order chi connectivity index (χ0) is 8.15. The normalized spacial score (nSPS) is 12.2. The van der Waals surface area contributed by atoms with Crippen molar-refractivity contribution in [2.45, 2.75) is 12.5 Å². The Morgan fingerprint density at radius 2 is 2.20 bits per heavy atom. The van der Waals surface area contributed by atoms with E-state index in [0.717, 1.165) is 0 Å². The third-order valence-corrected chi connectivity index (χ3v) is 0.980. The summed E-state index contributed by atoms with van der Waals surface area (Å²) in [7, 11) is 5.99. The molecule has 0 aromatic heterocycles. The van der Waals surface area contributed by atoms with Gasteiger partial charge in [0.1, 0.15) is 0 Å². The Bertz CT molecular complexity index is 148. The van der Waals surface area contributed by atoms with Crippen LogP contribution in [0.4, 0.5) is 0 Å². The van der Waals surface area contributed by atoms with Crippen LogP contribution in [0.15, 0.2) is 0 Å². The number of carbonyl (C=O) groups excluding carboxylic acids is 2. The predicted molar refractivity (Wildman–Crippen MR) is 35.4 cm³/mol. The number of rotatable bonds is 3. The van der Waals surface area contributed by atoms with E-state index < -0.39 is 17.7 Å². The van der Waals surface area contributed by atoms with Crippen molar-refractivity contribution in [3.05, 3.63) is 0 Å². The Labute approximate surface area is 60.1 Å². The van der Waals surface area contributed by atoms with Gasteiger partial charge in [-0.2, -0.15) is 0 Å². The summed E-state index contributed by atoms with van der Waals surface area (Å²) in [6.07, 6.45) is -0.161. The molecule has 54 valence electrons. The molecule has 10 heavy (non-hydrogen) atoms. The van der Waals surface area contributed by atoms with Gasteiger partial charge >= 0.3 is 5.97 Å². The topological polar surface area (TPSA) is 69.4 Å². The summed E-state index contributed by atoms with van der Waals surface area (Å²) in [4.78, 5) is 20.7. The Morgan fingerprint density at radius 3 is 2.50 bits per heavy atom. The lowest BCUT2D eigenvalue weighted by Gasteiger charge is -2.04. The molecule has 0 fully saturated rings. The average Bonchev–Trinajstić information content (AvgIpc) is 1.87. The van der Waals surface area contributed by atoms with Crippen molar-refractivity contribution < 1.29 is 14.3 Å². The lowest BCUT2D eigenvalue weighted by atomic mass is 9.94. The number of methoxy groups -OCH3 is 1. The molecule has 4 nitrogen and oxygen atoms in total. The average molecular weight is 141 g/mol. The maximum atomic E-state index is 10.4. The summed E-state index contributed by atoms with van der Waals surface area (Å²) in [6, 6.07) is -0.938. The van der Waals surface area contributed by atoms with Crippen LogP contribution in [0.3, 0.4) is 0 Å². The number of hydrogen-bond donors (Lipinski definition) is 1. The molecule has 0 saturated heterocycles. The standard InChI is InChI=1S/C5H8BNO3/c1-10-4(8)2-3(7)5(6)9/h3H,2,7H2,1H3. The van der Waals surface area contributed by atoms with Crippen LogP contribution >= 0.6 is 0 Å². The number of esters is 1. The van der Waals surface area contributed by atoms with Crippen LogP contribution in [0.5, 0.6) is 0 Å². The molecule has 0 heterocycles. The Kier molecular flexibility index (Phi) is 3.72. The molecule has 0 aromatic carbocycles. The van der Waals surface area contributed by atoms with Crippen LogP contribution in [0, 0.1) is 0 Å². The molecule has 0 spiro atoms. The van der Waals surface area contributed by atoms with Gasteiger partial charge in [0.2, 0.25) is 0 Å². The van der Waals surface area contributed by atoms with E-state index in [-0.39, 0.29) is 6.42 Å². The van der Waals surface area contributed by atoms with Crippen LogP contribution in [-0.2, 0) is 14.3 Å². The Morgan fingerprint density at radius 1 is 1.70 bits per heavy atom. The first-order valence-corrected chi connectivity index (χ1v) is 2.69. The van der Waals surface area contributed by atoms with Crippen molar-refractivity contribution in [2.75, 3.05) is 7.11 Å². The van der Waals surface area contributed by atoms with Gasteiger partial charge in [0.05, 0.1) is 25.3 Å². The molecule has 1 atom stereocenters. The highest BCUT2D eigenvalue weighted by Gasteiger charge is 2.12. The van der Waals surface area contributed by atoms with Gasteiger partial charge < -0.3 is 15.3 Å². The van der Waals surface area contributed by atoms with Crippen LogP contribution < -0.4 is 5.73 Å². The summed E-state index contributed by atoms with van der Waals surface area (Å²) in [6.45, 7) is 0. The van der Waals surface area contributed by atoms with Gasteiger partial charge in [-0.3, -0.25) is 4.79 Å². The summed E-state index contributed by atoms with van der Waals surface area (Å²) < 4.78 is 4.24. The van der Waals surface area contributed by atoms with Crippen LogP contribution in [0.25, 0.3) is 0 Å². The van der Waals surface area contributed by atoms with E-state index >= 15 is 0 Å². The van der Waals surface area contributed by atoms with Gasteiger partial charge in [-0.25, -0.2) is 0 Å². The molecule has 0 saturated carbocycles. The number of carbonyl (C=O) groups is 2. The summed E-state index contributed by atoms with van der Waals surface area (Å²) in [5.41, 5.74) is 4.41. The molecule has 0 aromatic rings. The van der Waals surface area contributed by atoms with Crippen LogP contribution in [-0.4, -0.2) is 32.6 Å². The minimum absolute atomic E-state index is 0.161. The molecule has 0 amide bonds. The minimum Gasteiger partial charge on any atom is -0.469 e. The van der Waals surface area contributed by atoms with Gasteiger partial charge in [0.25, 0.3) is 0 Å². The van der Waals surface area contributed by atoms with Crippen LogP contribution in [0.1, 0.15) is 6.42 Å².